The van der Waals surface area contributed by atoms with Gasteiger partial charge in [0.2, 0.25) is 0 Å². The second-order valence-corrected chi connectivity index (χ2v) is 4.39. The molecule has 1 aromatic carbocycles. The van der Waals surface area contributed by atoms with Gasteiger partial charge in [0.1, 0.15) is 11.6 Å². The van der Waals surface area contributed by atoms with E-state index >= 15 is 0 Å². The van der Waals surface area contributed by atoms with Crippen LogP contribution in [0.4, 0.5) is 4.39 Å². The number of carbonyl (C=O) groups is 2. The lowest BCUT2D eigenvalue weighted by molar-refractivity contribution is -0.139. The molecule has 2 aromatic rings. The molecule has 0 spiro atoms. The normalized spacial score (nSPS) is 10.1. The smallest absolute Gasteiger partial charge is 0.309 e. The third kappa shape index (κ3) is 4.76. The first-order valence-electron chi connectivity index (χ1n) is 6.48. The first kappa shape index (κ1) is 14.8. The molecule has 0 radical (unpaired) electrons. The van der Waals surface area contributed by atoms with Crippen LogP contribution in [0.15, 0.2) is 47.1 Å². The van der Waals surface area contributed by atoms with Crippen molar-refractivity contribution >= 4 is 11.8 Å². The Morgan fingerprint density at radius 1 is 1.05 bits per heavy atom. The van der Waals surface area contributed by atoms with Crippen molar-refractivity contribution in [3.8, 4) is 0 Å². The maximum absolute atomic E-state index is 12.7. The van der Waals surface area contributed by atoms with Crippen LogP contribution in [0.5, 0.6) is 0 Å². The molecule has 0 aliphatic rings. The highest BCUT2D eigenvalue weighted by atomic mass is 19.1. The van der Waals surface area contributed by atoms with Gasteiger partial charge in [-0.2, -0.15) is 0 Å². The average Bonchev–Trinajstić information content (AvgIpc) is 3.00. The van der Waals surface area contributed by atoms with Crippen molar-refractivity contribution < 1.29 is 18.4 Å². The fourth-order valence-electron chi connectivity index (χ4n) is 1.71. The minimum absolute atomic E-state index is 0.164. The van der Waals surface area contributed by atoms with E-state index in [0.717, 1.165) is 5.56 Å². The number of furan rings is 1. The van der Waals surface area contributed by atoms with Crippen molar-refractivity contribution in [3.63, 3.8) is 0 Å². The highest BCUT2D eigenvalue weighted by Crippen LogP contribution is 2.02. The molecular weight excluding hydrogens is 275 g/mol. The SMILES string of the molecule is O=C(NCCc1ccc(F)cc1)C(=O)NCc1ccco1. The molecule has 6 heteroatoms. The Morgan fingerprint density at radius 2 is 1.76 bits per heavy atom. The molecule has 0 aliphatic heterocycles. The maximum atomic E-state index is 12.7. The third-order valence-corrected chi connectivity index (χ3v) is 2.82. The summed E-state index contributed by atoms with van der Waals surface area (Å²) in [5.41, 5.74) is 0.882. The first-order chi connectivity index (χ1) is 10.1. The van der Waals surface area contributed by atoms with Gasteiger partial charge in [0, 0.05) is 6.54 Å². The Morgan fingerprint density at radius 3 is 2.43 bits per heavy atom. The van der Waals surface area contributed by atoms with Gasteiger partial charge < -0.3 is 15.1 Å². The molecule has 0 unspecified atom stereocenters. The zero-order valence-electron chi connectivity index (χ0n) is 11.3. The molecule has 2 N–H and O–H groups in total. The van der Waals surface area contributed by atoms with Crippen molar-refractivity contribution in [2.45, 2.75) is 13.0 Å². The van der Waals surface area contributed by atoms with Crippen LogP contribution in [-0.2, 0) is 22.6 Å². The lowest BCUT2D eigenvalue weighted by atomic mass is 10.1. The second kappa shape index (κ2) is 7.23. The van der Waals surface area contributed by atoms with E-state index in [1.165, 1.54) is 18.4 Å². The summed E-state index contributed by atoms with van der Waals surface area (Å²) in [4.78, 5) is 23.0. The van der Waals surface area contributed by atoms with Gasteiger partial charge >= 0.3 is 11.8 Å². The van der Waals surface area contributed by atoms with E-state index in [0.29, 0.717) is 18.7 Å². The average molecular weight is 290 g/mol. The number of benzene rings is 1. The maximum Gasteiger partial charge on any atom is 0.309 e. The molecule has 0 atom stereocenters. The van der Waals surface area contributed by atoms with E-state index < -0.39 is 11.8 Å². The summed E-state index contributed by atoms with van der Waals surface area (Å²) < 4.78 is 17.7. The molecule has 0 aliphatic carbocycles. The fourth-order valence-corrected chi connectivity index (χ4v) is 1.71. The third-order valence-electron chi connectivity index (χ3n) is 2.82. The zero-order chi connectivity index (χ0) is 15.1. The van der Waals surface area contributed by atoms with Gasteiger partial charge in [-0.1, -0.05) is 12.1 Å². The summed E-state index contributed by atoms with van der Waals surface area (Å²) in [5, 5.41) is 4.95. The van der Waals surface area contributed by atoms with Crippen molar-refractivity contribution in [1.82, 2.24) is 10.6 Å². The van der Waals surface area contributed by atoms with E-state index in [1.807, 2.05) is 0 Å². The Bertz CT molecular complexity index is 594. The second-order valence-electron chi connectivity index (χ2n) is 4.39. The minimum Gasteiger partial charge on any atom is -0.467 e. The summed E-state index contributed by atoms with van der Waals surface area (Å²) in [6.07, 6.45) is 2.02. The quantitative estimate of drug-likeness (QED) is 0.818. The highest BCUT2D eigenvalue weighted by molar-refractivity contribution is 6.35. The van der Waals surface area contributed by atoms with Gasteiger partial charge in [-0.3, -0.25) is 9.59 Å². The van der Waals surface area contributed by atoms with Gasteiger partial charge in [0.25, 0.3) is 0 Å². The monoisotopic (exact) mass is 290 g/mol. The molecule has 0 saturated heterocycles. The lowest BCUT2D eigenvalue weighted by Gasteiger charge is -2.05. The van der Waals surface area contributed by atoms with Crippen LogP contribution >= 0.6 is 0 Å². The molecule has 2 rings (SSSR count). The fraction of sp³-hybridized carbons (Fsp3) is 0.200. The van der Waals surface area contributed by atoms with Crippen LogP contribution in [0.2, 0.25) is 0 Å². The number of nitrogens with one attached hydrogen (secondary N) is 2. The van der Waals surface area contributed by atoms with Crippen LogP contribution in [0, 0.1) is 5.82 Å². The molecule has 110 valence electrons. The van der Waals surface area contributed by atoms with Crippen LogP contribution in [0.3, 0.4) is 0 Å². The van der Waals surface area contributed by atoms with Gasteiger partial charge in [-0.25, -0.2) is 4.39 Å². The topological polar surface area (TPSA) is 71.3 Å². The number of hydrogen-bond donors (Lipinski definition) is 2. The Hall–Kier alpha value is -2.63. The van der Waals surface area contributed by atoms with Crippen molar-refractivity contribution in [3.05, 3.63) is 59.8 Å². The van der Waals surface area contributed by atoms with E-state index in [4.69, 9.17) is 4.42 Å². The molecule has 0 bridgehead atoms. The van der Waals surface area contributed by atoms with Crippen molar-refractivity contribution in [2.24, 2.45) is 0 Å². The van der Waals surface area contributed by atoms with Gasteiger partial charge in [0.15, 0.2) is 0 Å². The van der Waals surface area contributed by atoms with Gasteiger partial charge in [-0.05, 0) is 36.2 Å². The molecule has 5 nitrogen and oxygen atoms in total. The number of hydrogen-bond acceptors (Lipinski definition) is 3. The van der Waals surface area contributed by atoms with E-state index in [9.17, 15) is 14.0 Å². The van der Waals surface area contributed by atoms with E-state index in [2.05, 4.69) is 10.6 Å². The standard InChI is InChI=1S/C15H15FN2O3/c16-12-5-3-11(4-6-12)7-8-17-14(19)15(20)18-10-13-2-1-9-21-13/h1-6,9H,7-8,10H2,(H,17,19)(H,18,20). The van der Waals surface area contributed by atoms with Gasteiger partial charge in [0.05, 0.1) is 12.8 Å². The Labute approximate surface area is 121 Å². The van der Waals surface area contributed by atoms with Crippen LogP contribution in [0.25, 0.3) is 0 Å². The van der Waals surface area contributed by atoms with Crippen molar-refractivity contribution in [1.29, 1.82) is 0 Å². The summed E-state index contributed by atoms with van der Waals surface area (Å²) in [6, 6.07) is 9.38. The first-order valence-corrected chi connectivity index (χ1v) is 6.48. The molecule has 1 heterocycles. The Balaban J connectivity index is 1.68. The molecule has 2 amide bonds. The molecule has 1 aromatic heterocycles. The molecule has 21 heavy (non-hydrogen) atoms. The summed E-state index contributed by atoms with van der Waals surface area (Å²) in [5.74, 6) is -1.16. The number of amides is 2. The summed E-state index contributed by atoms with van der Waals surface area (Å²) in [6.45, 7) is 0.468. The van der Waals surface area contributed by atoms with Gasteiger partial charge in [-0.15, -0.1) is 0 Å². The predicted octanol–water partition coefficient (Wildman–Crippen LogP) is 1.39. The zero-order valence-corrected chi connectivity index (χ0v) is 11.3. The number of carbonyl (C=O) groups excluding carboxylic acids is 2. The lowest BCUT2D eigenvalue weighted by Crippen LogP contribution is -2.40. The van der Waals surface area contributed by atoms with Crippen LogP contribution < -0.4 is 10.6 Å². The van der Waals surface area contributed by atoms with Crippen LogP contribution in [0.1, 0.15) is 11.3 Å². The van der Waals surface area contributed by atoms with Crippen LogP contribution in [-0.4, -0.2) is 18.4 Å². The summed E-state index contributed by atoms with van der Waals surface area (Å²) in [7, 11) is 0. The Kier molecular flexibility index (Phi) is 5.09. The predicted molar refractivity (Wildman–Crippen MR) is 73.7 cm³/mol. The number of halogens is 1. The van der Waals surface area contributed by atoms with E-state index in [-0.39, 0.29) is 12.4 Å². The minimum atomic E-state index is -0.717. The molecular formula is C15H15FN2O3. The number of rotatable bonds is 5. The van der Waals surface area contributed by atoms with E-state index in [1.54, 1.807) is 24.3 Å². The van der Waals surface area contributed by atoms with Crippen molar-refractivity contribution in [2.75, 3.05) is 6.54 Å². The highest BCUT2D eigenvalue weighted by Gasteiger charge is 2.12. The molecule has 0 saturated carbocycles. The molecule has 0 fully saturated rings. The summed E-state index contributed by atoms with van der Waals surface area (Å²) >= 11 is 0. The largest absolute Gasteiger partial charge is 0.467 e.